The Hall–Kier alpha value is -7.41. The third-order valence-electron chi connectivity index (χ3n) is 23.2. The van der Waals surface area contributed by atoms with Crippen molar-refractivity contribution < 1.29 is 77.1 Å². The van der Waals surface area contributed by atoms with Crippen LogP contribution in [0, 0.1) is 48.9 Å². The lowest BCUT2D eigenvalue weighted by Gasteiger charge is -2.17. The Morgan fingerprint density at radius 1 is 0.333 bits per heavy atom. The van der Waals surface area contributed by atoms with Gasteiger partial charge in [0.05, 0.1) is 55.6 Å². The lowest BCUT2D eigenvalue weighted by molar-refractivity contribution is -0.140. The number of aryl methyl sites for hydroxylation is 12. The molecule has 5 aliphatic carbocycles. The molecule has 684 valence electrons. The summed E-state index contributed by atoms with van der Waals surface area (Å²) in [4.78, 5) is 78.5. The summed E-state index contributed by atoms with van der Waals surface area (Å²) in [5, 5.41) is 58.6. The number of fused-ring (bicyclic) bond motifs is 5. The van der Waals surface area contributed by atoms with Gasteiger partial charge in [-0.2, -0.15) is 3.89 Å². The first-order valence-electron chi connectivity index (χ1n) is 45.3. The molecule has 0 amide bonds. The first kappa shape index (κ1) is 106. The van der Waals surface area contributed by atoms with Crippen LogP contribution < -0.4 is 26.6 Å². The monoisotopic (exact) mass is 1730 g/mol. The lowest BCUT2D eigenvalue weighted by atomic mass is 9.95. The molecule has 27 heteroatoms. The number of nitrogens with zero attached hydrogens (tertiary/aromatic N) is 5. The van der Waals surface area contributed by atoms with Crippen molar-refractivity contribution in [1.82, 2.24) is 51.5 Å². The summed E-state index contributed by atoms with van der Waals surface area (Å²) < 4.78 is 38.4. The van der Waals surface area contributed by atoms with Gasteiger partial charge >= 0.3 is 29.8 Å². The zero-order valence-electron chi connectivity index (χ0n) is 75.8. The summed E-state index contributed by atoms with van der Waals surface area (Å²) in [5.74, 6) is -1.94. The maximum absolute atomic E-state index is 10.9. The molecule has 10 rings (SSSR count). The fourth-order valence-corrected chi connectivity index (χ4v) is 15.2. The van der Waals surface area contributed by atoms with Crippen molar-refractivity contribution in [2.75, 3.05) is 108 Å². The highest BCUT2D eigenvalue weighted by atomic mass is 32.2. The second-order valence-corrected chi connectivity index (χ2v) is 33.9. The summed E-state index contributed by atoms with van der Waals surface area (Å²) in [5.41, 5.74) is 19.2. The fourth-order valence-electron chi connectivity index (χ4n) is 15.2. The zero-order valence-corrected chi connectivity index (χ0v) is 76.6. The number of hydrogen-bond donors (Lipinski definition) is 10. The zero-order chi connectivity index (χ0) is 89.5. The first-order valence-corrected chi connectivity index (χ1v) is 46.4. The van der Waals surface area contributed by atoms with Crippen molar-refractivity contribution >= 4 is 42.0 Å². The number of carboxylic acid groups (broad SMARTS) is 5. The normalized spacial score (nSPS) is 16.0. The minimum atomic E-state index is -0.829. The number of carbonyl (C=O) groups is 5. The van der Waals surface area contributed by atoms with E-state index in [4.69, 9.17) is 74.1 Å². The van der Waals surface area contributed by atoms with Crippen LogP contribution in [0.2, 0.25) is 0 Å². The number of rotatable bonds is 50. The third-order valence-corrected chi connectivity index (χ3v) is 23.2. The average molecular weight is 1740 g/mol. The van der Waals surface area contributed by atoms with E-state index in [2.05, 4.69) is 141 Å². The van der Waals surface area contributed by atoms with E-state index in [0.717, 1.165) is 133 Å². The molecule has 0 radical (unpaired) electrons. The highest BCUT2D eigenvalue weighted by molar-refractivity contribution is 7.93. The van der Waals surface area contributed by atoms with Gasteiger partial charge in [-0.25, -0.2) is 0 Å². The van der Waals surface area contributed by atoms with E-state index in [0.29, 0.717) is 128 Å². The topological polar surface area (TPSA) is 357 Å². The van der Waals surface area contributed by atoms with Crippen LogP contribution in [0.4, 0.5) is 3.89 Å². The number of hydrogen-bond acceptors (Lipinski definition) is 21. The van der Waals surface area contributed by atoms with E-state index in [1.165, 1.54) is 132 Å². The van der Waals surface area contributed by atoms with Crippen molar-refractivity contribution in [3.8, 4) is 0 Å². The van der Waals surface area contributed by atoms with Crippen LogP contribution in [0.25, 0.3) is 0 Å². The molecule has 5 aromatic heterocycles. The number of likely N-dealkylation sites (N-methyl/N-ethyl adjacent to an activating group) is 5. The summed E-state index contributed by atoms with van der Waals surface area (Å²) >= 11 is 0.250. The van der Waals surface area contributed by atoms with E-state index < -0.39 is 60.1 Å². The SMILES string of the molecule is CNC(CCOCC(C)CCc1ccc2c(n1)CCCC2)C(=O)O.CNC(CCOCC(C)CCc1ccc2c(n1)CCCC2)C(=O)O.CNC(CCOCC(C)CCc1ccc2c(n1)C[CH+]CC2)C(=O)O.CNC(CCOCC(C)CCc1ccc2c(n1)C[CH+]CC2)C(=O)O.CNC(CCOCC(C)CCc1ccc2c(n1)C[CH+]CC2)C(=O)O.CSF. The molecular formula is C96H150FN10O15S+3. The van der Waals surface area contributed by atoms with Gasteiger partial charge in [-0.05, 0) is 271 Å². The van der Waals surface area contributed by atoms with Crippen LogP contribution in [-0.4, -0.2) is 218 Å². The Labute approximate surface area is 738 Å². The second kappa shape index (κ2) is 62.7. The Balaban J connectivity index is 0.000000271. The maximum atomic E-state index is 10.9. The molecule has 0 saturated carbocycles. The number of aromatic nitrogens is 5. The van der Waals surface area contributed by atoms with Gasteiger partial charge in [0, 0.05) is 144 Å². The predicted molar refractivity (Wildman–Crippen MR) is 485 cm³/mol. The molecule has 10 N–H and O–H groups in total. The Bertz CT molecular complexity index is 3260. The van der Waals surface area contributed by atoms with Crippen LogP contribution in [0.5, 0.6) is 0 Å². The molecule has 0 aromatic carbocycles. The number of halogens is 1. The highest BCUT2D eigenvalue weighted by Crippen LogP contribution is 2.26. The van der Waals surface area contributed by atoms with Crippen molar-refractivity contribution in [3.63, 3.8) is 0 Å². The van der Waals surface area contributed by atoms with Gasteiger partial charge in [0.2, 0.25) is 0 Å². The molecule has 0 saturated heterocycles. The summed E-state index contributed by atoms with van der Waals surface area (Å²) in [6.07, 6.45) is 40.3. The molecule has 0 fully saturated rings. The molecule has 5 aliphatic rings. The number of nitrogens with one attached hydrogen (secondary N) is 5. The van der Waals surface area contributed by atoms with Crippen LogP contribution in [-0.2, 0) is 144 Å². The molecule has 5 heterocycles. The average Bonchev–Trinajstić information content (AvgIpc) is 0.866. The molecule has 123 heavy (non-hydrogen) atoms. The molecular weight excluding hydrogens is 1580 g/mol. The minimum Gasteiger partial charge on any atom is -0.480 e. The third kappa shape index (κ3) is 43.6. The van der Waals surface area contributed by atoms with Gasteiger partial charge in [0.15, 0.2) is 0 Å². The van der Waals surface area contributed by atoms with Gasteiger partial charge in [0.25, 0.3) is 0 Å². The van der Waals surface area contributed by atoms with Crippen molar-refractivity contribution in [2.45, 2.75) is 270 Å². The summed E-state index contributed by atoms with van der Waals surface area (Å²) in [6, 6.07) is 19.4. The van der Waals surface area contributed by atoms with Crippen LogP contribution in [0.1, 0.15) is 229 Å². The number of ether oxygens (including phenoxy) is 5. The van der Waals surface area contributed by atoms with Crippen molar-refractivity contribution in [3.05, 3.63) is 165 Å². The first-order chi connectivity index (χ1) is 59.4. The smallest absolute Gasteiger partial charge is 0.320 e. The minimum absolute atomic E-state index is 0.250. The van der Waals surface area contributed by atoms with Gasteiger partial charge in [-0.1, -0.05) is 65.0 Å². The summed E-state index contributed by atoms with van der Waals surface area (Å²) in [6.45, 7) is 16.5. The molecule has 0 aliphatic heterocycles. The maximum Gasteiger partial charge on any atom is 0.320 e. The second-order valence-electron chi connectivity index (χ2n) is 33.6. The molecule has 5 aromatic rings. The van der Waals surface area contributed by atoms with Gasteiger partial charge in [0.1, 0.15) is 49.5 Å². The largest absolute Gasteiger partial charge is 0.480 e. The van der Waals surface area contributed by atoms with E-state index >= 15 is 0 Å². The van der Waals surface area contributed by atoms with E-state index in [9.17, 15) is 27.9 Å². The predicted octanol–water partition coefficient (Wildman–Crippen LogP) is 13.7. The standard InChI is InChI=1S/2C19H30N2O3.3C19H28N2O3.CH3FS/c5*1-14(13-24-12-11-18(20-2)19(22)23)7-9-16-10-8-15-5-3-4-6-17(15)21-16;1-3-2/h2*8,10,14,18,20H,3-7,9,11-13H2,1-2H3,(H,22,23);3*4,8,10,14,18,20H,3,5-7,9,11-13H2,1-2H3;1H3/p+3. The van der Waals surface area contributed by atoms with Gasteiger partial charge in [-0.15, -0.1) is 0 Å². The molecule has 10 atom stereocenters. The van der Waals surface area contributed by atoms with Gasteiger partial charge in [-0.3, -0.25) is 48.9 Å². The Kier molecular flexibility index (Phi) is 54.1. The van der Waals surface area contributed by atoms with Crippen LogP contribution >= 0.6 is 12.1 Å². The Morgan fingerprint density at radius 2 is 0.528 bits per heavy atom. The Morgan fingerprint density at radius 3 is 0.732 bits per heavy atom. The summed E-state index contributed by atoms with van der Waals surface area (Å²) in [7, 11) is 8.29. The molecule has 10 unspecified atom stereocenters. The number of carboxylic acids is 5. The van der Waals surface area contributed by atoms with Crippen molar-refractivity contribution in [1.29, 1.82) is 0 Å². The van der Waals surface area contributed by atoms with E-state index in [-0.39, 0.29) is 12.1 Å². The van der Waals surface area contributed by atoms with E-state index in [1.54, 1.807) is 35.2 Å². The number of aliphatic carboxylic acids is 5. The lowest BCUT2D eigenvalue weighted by Crippen LogP contribution is -2.34. The van der Waals surface area contributed by atoms with Gasteiger partial charge < -0.3 is 75.8 Å². The molecule has 0 bridgehead atoms. The van der Waals surface area contributed by atoms with E-state index in [1.807, 2.05) is 0 Å². The number of pyridine rings is 5. The van der Waals surface area contributed by atoms with Crippen molar-refractivity contribution in [2.24, 2.45) is 29.6 Å². The molecule has 25 nitrogen and oxygen atoms in total. The molecule has 0 spiro atoms. The highest BCUT2D eigenvalue weighted by Gasteiger charge is 2.24. The van der Waals surface area contributed by atoms with Crippen LogP contribution in [0.3, 0.4) is 0 Å². The van der Waals surface area contributed by atoms with Crippen LogP contribution in [0.15, 0.2) is 60.7 Å². The fraction of sp³-hybridized carbons (Fsp3) is 0.656. The quantitative estimate of drug-likeness (QED) is 0.0128.